The van der Waals surface area contributed by atoms with Gasteiger partial charge < -0.3 is 18.8 Å². The Balaban J connectivity index is 1.05. The van der Waals surface area contributed by atoms with Crippen molar-refractivity contribution in [2.24, 2.45) is 0 Å². The van der Waals surface area contributed by atoms with Crippen molar-refractivity contribution in [3.63, 3.8) is 0 Å². The number of anilines is 6. The van der Waals surface area contributed by atoms with Crippen molar-refractivity contribution >= 4 is 103 Å². The molecule has 90 heavy (non-hydrogen) atoms. The molecule has 0 spiro atoms. The van der Waals surface area contributed by atoms with Crippen LogP contribution in [0.1, 0.15) is 220 Å². The first-order valence-electron chi connectivity index (χ1n) is 34.2. The number of fused-ring (bicyclic) bond motifs is 15. The Morgan fingerprint density at radius 1 is 0.344 bits per heavy atom. The molecule has 0 N–H and O–H groups in total. The van der Waals surface area contributed by atoms with Gasteiger partial charge in [0, 0.05) is 67.1 Å². The average Bonchev–Trinajstić information content (AvgIpc) is 1.41. The first-order chi connectivity index (χ1) is 42.0. The van der Waals surface area contributed by atoms with Gasteiger partial charge in [-0.2, -0.15) is 0 Å². The van der Waals surface area contributed by atoms with E-state index in [4.69, 9.17) is 0 Å². The average molecular weight is 1180 g/mol. The van der Waals surface area contributed by atoms with Gasteiger partial charge in [0.15, 0.2) is 0 Å². The van der Waals surface area contributed by atoms with Crippen LogP contribution in [0.5, 0.6) is 0 Å². The standard InChI is InChI=1S/C84H94B2N4/c1-47-29-31-65-71-69(47)55-25-23-27-57-73(55)89(85(71)63-43-59-61(83(19,20)35-33-81(59,15)16)45-67(63)87(65)53-39-49(77(3,4)5)37-50(40-53)78(6,7)8)76-58-28-24-26-56-70-48(2)30-32-66-72(70)86(90(74(56)58)75(57)76)64-44-60-62(84(21,22)36-34-82(60,17)18)46-68(64)88(66)54-41-51(79(9,10)11)38-52(42-54)80(12,13)14/h23-32,37-46H,33-36H2,1-22H3. The Kier molecular flexibility index (Phi) is 11.5. The van der Waals surface area contributed by atoms with E-state index in [1.54, 1.807) is 0 Å². The number of aryl methyl sites for hydroxylation is 2. The van der Waals surface area contributed by atoms with E-state index >= 15 is 0 Å². The van der Waals surface area contributed by atoms with Gasteiger partial charge in [-0.1, -0.05) is 211 Å². The van der Waals surface area contributed by atoms with Crippen LogP contribution in [0, 0.1) is 13.8 Å². The minimum Gasteiger partial charge on any atom is -0.374 e. The third kappa shape index (κ3) is 7.81. The summed E-state index contributed by atoms with van der Waals surface area (Å²) >= 11 is 0. The fraction of sp³-hybridized carbons (Fsp3) is 0.405. The zero-order valence-corrected chi connectivity index (χ0v) is 58.3. The van der Waals surface area contributed by atoms with Crippen LogP contribution in [0.15, 0.2) is 121 Å². The Morgan fingerprint density at radius 2 is 0.656 bits per heavy atom. The van der Waals surface area contributed by atoms with Crippen molar-refractivity contribution in [3.05, 3.63) is 177 Å². The van der Waals surface area contributed by atoms with Crippen molar-refractivity contribution in [1.82, 2.24) is 8.96 Å². The van der Waals surface area contributed by atoms with E-state index in [9.17, 15) is 0 Å². The monoisotopic (exact) mass is 1180 g/mol. The number of para-hydroxylation sites is 2. The van der Waals surface area contributed by atoms with E-state index < -0.39 is 0 Å². The lowest BCUT2D eigenvalue weighted by molar-refractivity contribution is 0.332. The summed E-state index contributed by atoms with van der Waals surface area (Å²) in [5, 5.41) is 2.68. The highest BCUT2D eigenvalue weighted by atomic mass is 15.2. The van der Waals surface area contributed by atoms with Gasteiger partial charge in [0.2, 0.25) is 0 Å². The van der Waals surface area contributed by atoms with Gasteiger partial charge in [0.05, 0.1) is 11.0 Å². The third-order valence-corrected chi connectivity index (χ3v) is 23.6. The molecule has 456 valence electrons. The molecule has 0 bridgehead atoms. The SMILES string of the molecule is Cc1ccc2c3c1-c1cccc4c1n(c1c5cccc6c5n(c41)B1c4cc5c(cc4N(c4cc(C(C)(C)C)cc(C(C)(C)C)c4)c4ccc(C)c-6c41)C(C)(C)CCC5(C)C)B3c1cc3c(cc1N2c1cc(C(C)(C)C)cc(C(C)(C)C)c1)C(C)(C)CCC3(C)C. The second-order valence-electron chi connectivity index (χ2n) is 35.7. The Morgan fingerprint density at radius 3 is 0.967 bits per heavy atom. The molecule has 6 heteroatoms. The van der Waals surface area contributed by atoms with Crippen molar-refractivity contribution in [1.29, 1.82) is 0 Å². The lowest BCUT2D eigenvalue weighted by Crippen LogP contribution is -2.57. The van der Waals surface area contributed by atoms with Crippen LogP contribution in [-0.2, 0) is 43.3 Å². The quantitative estimate of drug-likeness (QED) is 0.160. The van der Waals surface area contributed by atoms with Crippen LogP contribution < -0.4 is 31.7 Å². The molecule has 4 aliphatic heterocycles. The molecule has 0 atom stereocenters. The maximum absolute atomic E-state index is 2.91. The summed E-state index contributed by atoms with van der Waals surface area (Å²) in [6.07, 6.45) is 4.62. The molecular weight excluding hydrogens is 1090 g/mol. The highest BCUT2D eigenvalue weighted by Gasteiger charge is 2.51. The van der Waals surface area contributed by atoms with Crippen LogP contribution in [0.3, 0.4) is 0 Å². The van der Waals surface area contributed by atoms with Crippen LogP contribution in [-0.4, -0.2) is 22.7 Å². The Hall–Kier alpha value is -7.17. The zero-order valence-electron chi connectivity index (χ0n) is 58.3. The Labute approximate surface area is 538 Å². The normalized spacial score (nSPS) is 18.0. The van der Waals surface area contributed by atoms with E-state index in [0.29, 0.717) is 0 Å². The zero-order chi connectivity index (χ0) is 63.8. The molecule has 0 amide bonds. The van der Waals surface area contributed by atoms with Crippen molar-refractivity contribution in [2.75, 3.05) is 9.80 Å². The largest absolute Gasteiger partial charge is 0.374 e. The van der Waals surface area contributed by atoms with E-state index in [1.807, 2.05) is 0 Å². The van der Waals surface area contributed by atoms with Gasteiger partial charge in [-0.3, -0.25) is 0 Å². The second kappa shape index (κ2) is 17.9. The molecule has 0 fully saturated rings. The van der Waals surface area contributed by atoms with Crippen LogP contribution in [0.2, 0.25) is 0 Å². The first kappa shape index (κ1) is 58.0. The fourth-order valence-corrected chi connectivity index (χ4v) is 17.9. The molecular formula is C84H94B2N4. The predicted molar refractivity (Wildman–Crippen MR) is 391 cm³/mol. The molecule has 2 aromatic heterocycles. The summed E-state index contributed by atoms with van der Waals surface area (Å²) in [5.74, 6) is 0. The smallest absolute Gasteiger partial charge is 0.333 e. The third-order valence-electron chi connectivity index (χ3n) is 23.6. The molecule has 0 saturated carbocycles. The van der Waals surface area contributed by atoms with E-state index in [0.717, 1.165) is 25.7 Å². The van der Waals surface area contributed by atoms with Gasteiger partial charge in [0.1, 0.15) is 0 Å². The predicted octanol–water partition coefficient (Wildman–Crippen LogP) is 20.1. The van der Waals surface area contributed by atoms with Gasteiger partial charge in [-0.05, 0) is 220 Å². The molecule has 0 unspecified atom stereocenters. The highest BCUT2D eigenvalue weighted by molar-refractivity contribution is 6.92. The lowest BCUT2D eigenvalue weighted by atomic mass is 9.44. The van der Waals surface area contributed by atoms with Crippen molar-refractivity contribution in [2.45, 2.75) is 221 Å². The Bertz CT molecular complexity index is 4490. The second-order valence-corrected chi connectivity index (χ2v) is 35.7. The van der Waals surface area contributed by atoms with Crippen LogP contribution in [0.4, 0.5) is 34.1 Å². The number of rotatable bonds is 2. The molecule has 2 aliphatic carbocycles. The number of hydrogen-bond acceptors (Lipinski definition) is 2. The molecule has 10 aromatic rings. The summed E-state index contributed by atoms with van der Waals surface area (Å²) < 4.78 is 5.82. The minimum absolute atomic E-state index is 0.00148. The van der Waals surface area contributed by atoms with Crippen molar-refractivity contribution < 1.29 is 0 Å². The van der Waals surface area contributed by atoms with Crippen molar-refractivity contribution in [3.8, 4) is 22.3 Å². The number of benzene rings is 8. The minimum atomic E-state index is -0.102. The summed E-state index contributed by atoms with van der Waals surface area (Å²) in [4.78, 5) is 5.45. The maximum atomic E-state index is 2.91. The molecule has 6 heterocycles. The molecule has 4 nitrogen and oxygen atoms in total. The summed E-state index contributed by atoms with van der Waals surface area (Å²) in [6.45, 7) is 53.3. The maximum Gasteiger partial charge on any atom is 0.333 e. The summed E-state index contributed by atoms with van der Waals surface area (Å²) in [7, 11) is 0. The number of nitrogens with zero attached hydrogens (tertiary/aromatic N) is 4. The first-order valence-corrected chi connectivity index (χ1v) is 34.2. The van der Waals surface area contributed by atoms with Gasteiger partial charge in [-0.25, -0.2) is 0 Å². The van der Waals surface area contributed by atoms with Crippen LogP contribution >= 0.6 is 0 Å². The number of hydrogen-bond donors (Lipinski definition) is 0. The molecule has 0 saturated heterocycles. The molecule has 6 aliphatic rings. The summed E-state index contributed by atoms with van der Waals surface area (Å²) in [5.41, 5.74) is 38.2. The molecule has 8 aromatic carbocycles. The van der Waals surface area contributed by atoms with Crippen LogP contribution in [0.25, 0.3) is 55.1 Å². The number of aromatic nitrogens is 2. The molecule has 16 rings (SSSR count). The van der Waals surface area contributed by atoms with E-state index in [-0.39, 0.29) is 57.0 Å². The molecule has 0 radical (unpaired) electrons. The summed E-state index contributed by atoms with van der Waals surface area (Å²) in [6, 6.07) is 50.6. The van der Waals surface area contributed by atoms with Gasteiger partial charge in [0.25, 0.3) is 0 Å². The lowest BCUT2D eigenvalue weighted by Gasteiger charge is -2.46. The fourth-order valence-electron chi connectivity index (χ4n) is 17.9. The van der Waals surface area contributed by atoms with E-state index in [1.165, 1.54) is 167 Å². The topological polar surface area (TPSA) is 16.3 Å². The van der Waals surface area contributed by atoms with Gasteiger partial charge in [-0.15, -0.1) is 0 Å². The van der Waals surface area contributed by atoms with Gasteiger partial charge >= 0.3 is 13.7 Å². The van der Waals surface area contributed by atoms with E-state index in [2.05, 4.69) is 292 Å². The highest BCUT2D eigenvalue weighted by Crippen LogP contribution is 2.56.